The van der Waals surface area contributed by atoms with Gasteiger partial charge in [-0.05, 0) is 6.08 Å². The second-order valence-electron chi connectivity index (χ2n) is 2.66. The first kappa shape index (κ1) is 9.73. The maximum atomic E-state index is 11.2. The SMILES string of the molecule is C=CC(=O)N1CCOC[C@H]1C(=O)O. The predicted molar refractivity (Wildman–Crippen MR) is 44.2 cm³/mol. The van der Waals surface area contributed by atoms with E-state index in [0.717, 1.165) is 6.08 Å². The van der Waals surface area contributed by atoms with E-state index in [1.807, 2.05) is 0 Å². The summed E-state index contributed by atoms with van der Waals surface area (Å²) in [7, 11) is 0. The molecule has 0 bridgehead atoms. The summed E-state index contributed by atoms with van der Waals surface area (Å²) in [5, 5.41) is 8.74. The van der Waals surface area contributed by atoms with Gasteiger partial charge in [-0.3, -0.25) is 4.79 Å². The third-order valence-corrected chi connectivity index (χ3v) is 1.87. The molecule has 0 aromatic heterocycles. The Labute approximate surface area is 75.6 Å². The van der Waals surface area contributed by atoms with Crippen molar-refractivity contribution in [2.75, 3.05) is 19.8 Å². The average molecular weight is 185 g/mol. The van der Waals surface area contributed by atoms with Crippen LogP contribution >= 0.6 is 0 Å². The summed E-state index contributed by atoms with van der Waals surface area (Å²) in [5.74, 6) is -1.41. The van der Waals surface area contributed by atoms with Crippen molar-refractivity contribution in [3.05, 3.63) is 12.7 Å². The molecular weight excluding hydrogens is 174 g/mol. The molecule has 1 saturated heterocycles. The van der Waals surface area contributed by atoms with Gasteiger partial charge in [0.15, 0.2) is 6.04 Å². The van der Waals surface area contributed by atoms with Crippen LogP contribution in [0.5, 0.6) is 0 Å². The van der Waals surface area contributed by atoms with Gasteiger partial charge in [0.2, 0.25) is 5.91 Å². The van der Waals surface area contributed by atoms with Crippen molar-refractivity contribution in [1.29, 1.82) is 0 Å². The van der Waals surface area contributed by atoms with Crippen LogP contribution in [-0.2, 0) is 14.3 Å². The highest BCUT2D eigenvalue weighted by Gasteiger charge is 2.31. The van der Waals surface area contributed by atoms with Crippen LogP contribution in [0.4, 0.5) is 0 Å². The average Bonchev–Trinajstić information content (AvgIpc) is 2.16. The first-order chi connectivity index (χ1) is 6.16. The van der Waals surface area contributed by atoms with E-state index in [9.17, 15) is 9.59 Å². The number of carboxylic acid groups (broad SMARTS) is 1. The molecule has 0 aromatic carbocycles. The molecule has 0 spiro atoms. The summed E-state index contributed by atoms with van der Waals surface area (Å²) >= 11 is 0. The molecule has 1 heterocycles. The third kappa shape index (κ3) is 2.06. The Morgan fingerprint density at radius 3 is 2.85 bits per heavy atom. The van der Waals surface area contributed by atoms with Gasteiger partial charge in [-0.2, -0.15) is 0 Å². The molecule has 1 atom stereocenters. The monoisotopic (exact) mass is 185 g/mol. The van der Waals surface area contributed by atoms with Gasteiger partial charge in [-0.25, -0.2) is 4.79 Å². The first-order valence-electron chi connectivity index (χ1n) is 3.90. The Bertz CT molecular complexity index is 238. The number of morpholine rings is 1. The Kier molecular flexibility index (Phi) is 3.02. The van der Waals surface area contributed by atoms with E-state index in [-0.39, 0.29) is 12.5 Å². The molecule has 1 aliphatic heterocycles. The van der Waals surface area contributed by atoms with Gasteiger partial charge in [0.25, 0.3) is 0 Å². The second kappa shape index (κ2) is 4.04. The quantitative estimate of drug-likeness (QED) is 0.588. The van der Waals surface area contributed by atoms with E-state index in [2.05, 4.69) is 6.58 Å². The molecule has 1 N–H and O–H groups in total. The fourth-order valence-electron chi connectivity index (χ4n) is 1.19. The number of ether oxygens (including phenoxy) is 1. The van der Waals surface area contributed by atoms with Crippen LogP contribution in [0.3, 0.4) is 0 Å². The Morgan fingerprint density at radius 1 is 1.62 bits per heavy atom. The molecule has 0 saturated carbocycles. The molecule has 1 amide bonds. The van der Waals surface area contributed by atoms with Gasteiger partial charge in [-0.15, -0.1) is 0 Å². The Hall–Kier alpha value is -1.36. The zero-order valence-corrected chi connectivity index (χ0v) is 7.10. The highest BCUT2D eigenvalue weighted by molar-refractivity contribution is 5.90. The van der Waals surface area contributed by atoms with E-state index in [4.69, 9.17) is 9.84 Å². The van der Waals surface area contributed by atoms with Gasteiger partial charge in [-0.1, -0.05) is 6.58 Å². The van der Waals surface area contributed by atoms with Gasteiger partial charge in [0.05, 0.1) is 13.2 Å². The van der Waals surface area contributed by atoms with E-state index in [0.29, 0.717) is 13.2 Å². The molecule has 72 valence electrons. The minimum absolute atomic E-state index is 0.0505. The van der Waals surface area contributed by atoms with Crippen LogP contribution in [-0.4, -0.2) is 47.7 Å². The molecule has 13 heavy (non-hydrogen) atoms. The fourth-order valence-corrected chi connectivity index (χ4v) is 1.19. The van der Waals surface area contributed by atoms with Crippen molar-refractivity contribution in [1.82, 2.24) is 4.90 Å². The maximum absolute atomic E-state index is 11.2. The van der Waals surface area contributed by atoms with Crippen molar-refractivity contribution in [3.8, 4) is 0 Å². The van der Waals surface area contributed by atoms with Crippen molar-refractivity contribution < 1.29 is 19.4 Å². The second-order valence-corrected chi connectivity index (χ2v) is 2.66. The van der Waals surface area contributed by atoms with Gasteiger partial charge in [0.1, 0.15) is 0 Å². The van der Waals surface area contributed by atoms with E-state index in [1.165, 1.54) is 4.90 Å². The third-order valence-electron chi connectivity index (χ3n) is 1.87. The van der Waals surface area contributed by atoms with Crippen LogP contribution in [0.2, 0.25) is 0 Å². The molecule has 1 rings (SSSR count). The number of carboxylic acids is 1. The largest absolute Gasteiger partial charge is 0.480 e. The number of carbonyl (C=O) groups excluding carboxylic acids is 1. The Morgan fingerprint density at radius 2 is 2.31 bits per heavy atom. The summed E-state index contributed by atoms with van der Waals surface area (Å²) in [6.07, 6.45) is 1.11. The summed E-state index contributed by atoms with van der Waals surface area (Å²) in [5.41, 5.74) is 0. The number of aliphatic carboxylic acids is 1. The minimum atomic E-state index is -1.05. The molecule has 0 aromatic rings. The molecular formula is C8H11NO4. The summed E-state index contributed by atoms with van der Waals surface area (Å²) in [4.78, 5) is 23.1. The molecule has 1 aliphatic rings. The summed E-state index contributed by atoms with van der Waals surface area (Å²) < 4.78 is 4.96. The lowest BCUT2D eigenvalue weighted by atomic mass is 10.2. The molecule has 5 nitrogen and oxygen atoms in total. The topological polar surface area (TPSA) is 66.8 Å². The number of rotatable bonds is 2. The number of nitrogens with zero attached hydrogens (tertiary/aromatic N) is 1. The van der Waals surface area contributed by atoms with Crippen LogP contribution in [0.1, 0.15) is 0 Å². The smallest absolute Gasteiger partial charge is 0.328 e. The van der Waals surface area contributed by atoms with Crippen molar-refractivity contribution >= 4 is 11.9 Å². The predicted octanol–water partition coefficient (Wildman–Crippen LogP) is -0.516. The lowest BCUT2D eigenvalue weighted by Crippen LogP contribution is -2.52. The minimum Gasteiger partial charge on any atom is -0.480 e. The molecule has 0 aliphatic carbocycles. The van der Waals surface area contributed by atoms with Crippen LogP contribution in [0, 0.1) is 0 Å². The normalized spacial score (nSPS) is 22.5. The highest BCUT2D eigenvalue weighted by atomic mass is 16.5. The van der Waals surface area contributed by atoms with Crippen LogP contribution in [0.25, 0.3) is 0 Å². The maximum Gasteiger partial charge on any atom is 0.328 e. The molecule has 0 unspecified atom stereocenters. The van der Waals surface area contributed by atoms with E-state index >= 15 is 0 Å². The standard InChI is InChI=1S/C8H11NO4/c1-2-7(10)9-3-4-13-5-6(9)8(11)12/h2,6H,1,3-5H2,(H,11,12)/t6-/m0/s1. The van der Waals surface area contributed by atoms with Gasteiger partial charge in [0, 0.05) is 6.54 Å². The number of hydrogen-bond acceptors (Lipinski definition) is 3. The zero-order valence-electron chi connectivity index (χ0n) is 7.10. The number of amides is 1. The molecule has 1 fully saturated rings. The zero-order chi connectivity index (χ0) is 9.84. The van der Waals surface area contributed by atoms with E-state index < -0.39 is 12.0 Å². The van der Waals surface area contributed by atoms with E-state index in [1.54, 1.807) is 0 Å². The van der Waals surface area contributed by atoms with Crippen molar-refractivity contribution in [2.24, 2.45) is 0 Å². The number of hydrogen-bond donors (Lipinski definition) is 1. The van der Waals surface area contributed by atoms with Crippen molar-refractivity contribution in [3.63, 3.8) is 0 Å². The first-order valence-corrected chi connectivity index (χ1v) is 3.90. The van der Waals surface area contributed by atoms with Crippen LogP contribution < -0.4 is 0 Å². The highest BCUT2D eigenvalue weighted by Crippen LogP contribution is 2.07. The summed E-state index contributed by atoms with van der Waals surface area (Å²) in [6, 6.07) is -0.876. The Balaban J connectivity index is 2.72. The van der Waals surface area contributed by atoms with Gasteiger partial charge >= 0.3 is 5.97 Å². The molecule has 5 heteroatoms. The summed E-state index contributed by atoms with van der Waals surface area (Å²) in [6.45, 7) is 4.04. The fraction of sp³-hybridized carbons (Fsp3) is 0.500. The molecule has 0 radical (unpaired) electrons. The van der Waals surface area contributed by atoms with Crippen LogP contribution in [0.15, 0.2) is 12.7 Å². The number of carbonyl (C=O) groups is 2. The lowest BCUT2D eigenvalue weighted by molar-refractivity contribution is -0.156. The van der Waals surface area contributed by atoms with Crippen molar-refractivity contribution in [2.45, 2.75) is 6.04 Å². The van der Waals surface area contributed by atoms with Gasteiger partial charge < -0.3 is 14.7 Å². The lowest BCUT2D eigenvalue weighted by Gasteiger charge is -2.31.